The molecule has 3 N–H and O–H groups in total. The maximum absolute atomic E-state index is 6.25. The molecule has 6 heteroatoms. The summed E-state index contributed by atoms with van der Waals surface area (Å²) in [7, 11) is 1.99. The van der Waals surface area contributed by atoms with Gasteiger partial charge >= 0.3 is 0 Å². The Morgan fingerprint density at radius 1 is 1.53 bits per heavy atom. The van der Waals surface area contributed by atoms with Gasteiger partial charge in [-0.1, -0.05) is 33.6 Å². The number of nitrogens with one attached hydrogen (secondary N) is 1. The molecule has 0 aliphatic carbocycles. The van der Waals surface area contributed by atoms with E-state index in [1.165, 1.54) is 0 Å². The monoisotopic (exact) mass is 342 g/mol. The van der Waals surface area contributed by atoms with Gasteiger partial charge in [-0.2, -0.15) is 0 Å². The number of hydrogen-bond acceptors (Lipinski definition) is 3. The van der Waals surface area contributed by atoms with Crippen molar-refractivity contribution in [2.45, 2.75) is 18.9 Å². The van der Waals surface area contributed by atoms with Crippen molar-refractivity contribution in [3.05, 3.63) is 51.5 Å². The van der Waals surface area contributed by atoms with Crippen LogP contribution in [0.4, 0.5) is 0 Å². The van der Waals surface area contributed by atoms with Gasteiger partial charge in [0.15, 0.2) is 0 Å². The van der Waals surface area contributed by atoms with E-state index in [1.54, 1.807) is 6.20 Å². The lowest BCUT2D eigenvalue weighted by molar-refractivity contribution is 0.506. The first-order valence-corrected chi connectivity index (χ1v) is 7.16. The Labute approximate surface area is 126 Å². The van der Waals surface area contributed by atoms with Crippen LogP contribution < -0.4 is 11.3 Å². The molecular formula is C13H16BrClN4. The minimum atomic E-state index is 0.0114. The fourth-order valence-corrected chi connectivity index (χ4v) is 2.83. The van der Waals surface area contributed by atoms with Crippen LogP contribution in [-0.2, 0) is 13.5 Å². The van der Waals surface area contributed by atoms with Gasteiger partial charge in [-0.3, -0.25) is 11.3 Å². The Hall–Kier alpha value is -0.880. The number of aromatic nitrogens is 2. The number of nitrogens with two attached hydrogens (primary N) is 1. The smallest absolute Gasteiger partial charge is 0.108 e. The van der Waals surface area contributed by atoms with Gasteiger partial charge in [0.1, 0.15) is 5.82 Å². The maximum atomic E-state index is 6.25. The standard InChI is InChI=1S/C13H16BrClN4/c1-19-7-6-17-13(19)5-4-12(18-16)10-3-2-9(14)8-11(10)15/h2-3,6-8,12,18H,4-5,16H2,1H3. The molecule has 0 saturated heterocycles. The van der Waals surface area contributed by atoms with Crippen LogP contribution in [0.2, 0.25) is 5.02 Å². The number of halogens is 2. The van der Waals surface area contributed by atoms with Crippen LogP contribution in [0, 0.1) is 0 Å². The molecule has 0 aliphatic heterocycles. The van der Waals surface area contributed by atoms with E-state index >= 15 is 0 Å². The molecule has 0 amide bonds. The quantitative estimate of drug-likeness (QED) is 0.648. The van der Waals surface area contributed by atoms with Crippen molar-refractivity contribution >= 4 is 27.5 Å². The Bertz CT molecular complexity index is 555. The molecule has 2 rings (SSSR count). The predicted molar refractivity (Wildman–Crippen MR) is 80.7 cm³/mol. The van der Waals surface area contributed by atoms with E-state index < -0.39 is 0 Å². The highest BCUT2D eigenvalue weighted by Gasteiger charge is 2.14. The number of imidazole rings is 1. The highest BCUT2D eigenvalue weighted by atomic mass is 79.9. The Balaban J connectivity index is 2.10. The van der Waals surface area contributed by atoms with E-state index in [2.05, 4.69) is 26.3 Å². The predicted octanol–water partition coefficient (Wildman–Crippen LogP) is 2.97. The van der Waals surface area contributed by atoms with Gasteiger partial charge in [0.05, 0.1) is 0 Å². The number of aryl methyl sites for hydroxylation is 2. The molecule has 0 radical (unpaired) electrons. The summed E-state index contributed by atoms with van der Waals surface area (Å²) in [4.78, 5) is 4.31. The Kier molecular flexibility index (Phi) is 4.99. The van der Waals surface area contributed by atoms with Crippen molar-refractivity contribution in [2.75, 3.05) is 0 Å². The van der Waals surface area contributed by atoms with E-state index in [0.29, 0.717) is 5.02 Å². The van der Waals surface area contributed by atoms with Crippen LogP contribution in [0.1, 0.15) is 23.9 Å². The molecule has 1 aromatic heterocycles. The zero-order valence-electron chi connectivity index (χ0n) is 10.6. The van der Waals surface area contributed by atoms with Crippen LogP contribution in [0.15, 0.2) is 35.1 Å². The molecule has 1 atom stereocenters. The minimum Gasteiger partial charge on any atom is -0.338 e. The SMILES string of the molecule is Cn1ccnc1CCC(NN)c1ccc(Br)cc1Cl. The summed E-state index contributed by atoms with van der Waals surface area (Å²) < 4.78 is 2.97. The lowest BCUT2D eigenvalue weighted by Gasteiger charge is -2.17. The topological polar surface area (TPSA) is 55.9 Å². The van der Waals surface area contributed by atoms with Crippen LogP contribution in [0.3, 0.4) is 0 Å². The summed E-state index contributed by atoms with van der Waals surface area (Å²) in [6.45, 7) is 0. The molecule has 0 fully saturated rings. The number of benzene rings is 1. The van der Waals surface area contributed by atoms with E-state index in [-0.39, 0.29) is 6.04 Å². The zero-order chi connectivity index (χ0) is 13.8. The van der Waals surface area contributed by atoms with Gasteiger partial charge in [-0.15, -0.1) is 0 Å². The van der Waals surface area contributed by atoms with Crippen molar-refractivity contribution in [1.29, 1.82) is 0 Å². The lowest BCUT2D eigenvalue weighted by Crippen LogP contribution is -2.28. The zero-order valence-corrected chi connectivity index (χ0v) is 12.9. The summed E-state index contributed by atoms with van der Waals surface area (Å²) in [5.74, 6) is 6.68. The van der Waals surface area contributed by atoms with Gasteiger partial charge in [-0.05, 0) is 24.1 Å². The summed E-state index contributed by atoms with van der Waals surface area (Å²) >= 11 is 9.65. The van der Waals surface area contributed by atoms with Crippen molar-refractivity contribution in [3.63, 3.8) is 0 Å². The molecule has 102 valence electrons. The molecule has 19 heavy (non-hydrogen) atoms. The second-order valence-electron chi connectivity index (χ2n) is 4.38. The van der Waals surface area contributed by atoms with Gasteiger partial charge in [0.2, 0.25) is 0 Å². The van der Waals surface area contributed by atoms with Gasteiger partial charge < -0.3 is 4.57 Å². The molecule has 0 bridgehead atoms. The average Bonchev–Trinajstić information content (AvgIpc) is 2.78. The molecule has 2 aromatic rings. The average molecular weight is 344 g/mol. The molecular weight excluding hydrogens is 328 g/mol. The summed E-state index contributed by atoms with van der Waals surface area (Å²) in [6.07, 6.45) is 5.41. The van der Waals surface area contributed by atoms with E-state index in [4.69, 9.17) is 17.4 Å². The van der Waals surface area contributed by atoms with E-state index in [1.807, 2.05) is 36.0 Å². The minimum absolute atomic E-state index is 0.0114. The highest BCUT2D eigenvalue weighted by Crippen LogP contribution is 2.28. The second kappa shape index (κ2) is 6.52. The third-order valence-electron chi connectivity index (χ3n) is 3.12. The first-order valence-electron chi connectivity index (χ1n) is 5.99. The Morgan fingerprint density at radius 3 is 2.89 bits per heavy atom. The van der Waals surface area contributed by atoms with Crippen molar-refractivity contribution in [1.82, 2.24) is 15.0 Å². The molecule has 0 spiro atoms. The number of rotatable bonds is 5. The fraction of sp³-hybridized carbons (Fsp3) is 0.308. The maximum Gasteiger partial charge on any atom is 0.108 e. The normalized spacial score (nSPS) is 12.6. The molecule has 4 nitrogen and oxygen atoms in total. The first-order chi connectivity index (χ1) is 9.11. The fourth-order valence-electron chi connectivity index (χ4n) is 2.02. The molecule has 0 saturated carbocycles. The van der Waals surface area contributed by atoms with Crippen LogP contribution in [0.5, 0.6) is 0 Å². The van der Waals surface area contributed by atoms with Gasteiger partial charge in [-0.25, -0.2) is 4.98 Å². The van der Waals surface area contributed by atoms with Crippen LogP contribution >= 0.6 is 27.5 Å². The van der Waals surface area contributed by atoms with Gasteiger partial charge in [0, 0.05) is 41.4 Å². The molecule has 1 unspecified atom stereocenters. The third kappa shape index (κ3) is 3.57. The summed E-state index contributed by atoms with van der Waals surface area (Å²) in [5.41, 5.74) is 3.83. The number of nitrogens with zero attached hydrogens (tertiary/aromatic N) is 2. The third-order valence-corrected chi connectivity index (χ3v) is 3.94. The van der Waals surface area contributed by atoms with E-state index in [9.17, 15) is 0 Å². The van der Waals surface area contributed by atoms with E-state index in [0.717, 1.165) is 28.7 Å². The van der Waals surface area contributed by atoms with Crippen molar-refractivity contribution < 1.29 is 0 Å². The molecule has 1 heterocycles. The first kappa shape index (κ1) is 14.5. The van der Waals surface area contributed by atoms with Gasteiger partial charge in [0.25, 0.3) is 0 Å². The largest absolute Gasteiger partial charge is 0.338 e. The molecule has 0 aliphatic rings. The Morgan fingerprint density at radius 2 is 2.32 bits per heavy atom. The summed E-state index contributed by atoms with van der Waals surface area (Å²) in [5, 5.41) is 0.706. The number of hydrogen-bond donors (Lipinski definition) is 2. The van der Waals surface area contributed by atoms with Crippen LogP contribution in [0.25, 0.3) is 0 Å². The molecule has 1 aromatic carbocycles. The second-order valence-corrected chi connectivity index (χ2v) is 5.70. The van der Waals surface area contributed by atoms with Crippen molar-refractivity contribution in [2.24, 2.45) is 12.9 Å². The van der Waals surface area contributed by atoms with Crippen LogP contribution in [-0.4, -0.2) is 9.55 Å². The highest BCUT2D eigenvalue weighted by molar-refractivity contribution is 9.10. The number of hydrazine groups is 1. The summed E-state index contributed by atoms with van der Waals surface area (Å²) in [6, 6.07) is 5.83. The lowest BCUT2D eigenvalue weighted by atomic mass is 10.0. The van der Waals surface area contributed by atoms with Crippen molar-refractivity contribution in [3.8, 4) is 0 Å².